The maximum Gasteiger partial charge on any atom is 0.338 e. The number of hydrogen-bond donors (Lipinski definition) is 0. The van der Waals surface area contributed by atoms with E-state index in [1.165, 1.54) is 25.3 Å². The van der Waals surface area contributed by atoms with Gasteiger partial charge in [-0.25, -0.2) is 14.4 Å². The first-order valence-corrected chi connectivity index (χ1v) is 5.60. The number of ether oxygens (including phenoxy) is 3. The van der Waals surface area contributed by atoms with E-state index in [9.17, 15) is 14.4 Å². The van der Waals surface area contributed by atoms with Crippen molar-refractivity contribution in [3.8, 4) is 0 Å². The van der Waals surface area contributed by atoms with Crippen molar-refractivity contribution in [3.05, 3.63) is 49.1 Å². The van der Waals surface area contributed by atoms with Gasteiger partial charge in [0, 0.05) is 12.2 Å². The predicted octanol–water partition coefficient (Wildman–Crippen LogP) is 1.10. The molecular weight excluding hydrogens is 264 g/mol. The molecule has 0 saturated heterocycles. The molecule has 0 aromatic heterocycles. The fourth-order valence-electron chi connectivity index (χ4n) is 0.959. The highest BCUT2D eigenvalue weighted by Crippen LogP contribution is 1.99. The second kappa shape index (κ2) is 10.3. The van der Waals surface area contributed by atoms with Crippen LogP contribution in [0.2, 0.25) is 0 Å². The first-order valence-electron chi connectivity index (χ1n) is 5.60. The lowest BCUT2D eigenvalue weighted by Gasteiger charge is -2.05. The van der Waals surface area contributed by atoms with Crippen LogP contribution in [0.4, 0.5) is 0 Å². The third-order valence-electron chi connectivity index (χ3n) is 1.87. The van der Waals surface area contributed by atoms with Crippen LogP contribution in [0, 0.1) is 0 Å². The summed E-state index contributed by atoms with van der Waals surface area (Å²) in [7, 11) is 1.19. The zero-order chi connectivity index (χ0) is 15.4. The Morgan fingerprint density at radius 2 is 1.60 bits per heavy atom. The zero-order valence-corrected chi connectivity index (χ0v) is 11.2. The molecule has 0 atom stereocenters. The van der Waals surface area contributed by atoms with Crippen LogP contribution < -0.4 is 0 Å². The van der Waals surface area contributed by atoms with E-state index in [-0.39, 0.29) is 18.8 Å². The van der Waals surface area contributed by atoms with Gasteiger partial charge in [0.2, 0.25) is 0 Å². The number of carbonyl (C=O) groups is 3. The average molecular weight is 280 g/mol. The summed E-state index contributed by atoms with van der Waals surface area (Å²) in [6.45, 7) is 6.65. The smallest absolute Gasteiger partial charge is 0.338 e. The quantitative estimate of drug-likeness (QED) is 0.218. The van der Waals surface area contributed by atoms with Gasteiger partial charge >= 0.3 is 17.9 Å². The van der Waals surface area contributed by atoms with Gasteiger partial charge in [-0.15, -0.1) is 0 Å². The van der Waals surface area contributed by atoms with E-state index < -0.39 is 17.9 Å². The lowest BCUT2D eigenvalue weighted by Crippen LogP contribution is -2.13. The molecule has 0 bridgehead atoms. The number of carbonyl (C=O) groups excluding carboxylic acids is 3. The van der Waals surface area contributed by atoms with Gasteiger partial charge in [-0.05, 0) is 6.08 Å². The number of allylic oxidation sites excluding steroid dienone is 2. The van der Waals surface area contributed by atoms with Gasteiger partial charge in [-0.3, -0.25) is 0 Å². The lowest BCUT2D eigenvalue weighted by molar-refractivity contribution is -0.146. The van der Waals surface area contributed by atoms with E-state index in [1.54, 1.807) is 0 Å². The van der Waals surface area contributed by atoms with Crippen LogP contribution in [0.15, 0.2) is 49.1 Å². The molecule has 0 fully saturated rings. The van der Waals surface area contributed by atoms with Gasteiger partial charge in [0.05, 0.1) is 12.7 Å². The standard InChI is InChI=1S/C14H16O6/c1-4-6-11(5-2)14(17)20-10-9-19-13(16)8-7-12(15)18-3/h4-8H,1-2,9-10H2,3H3/b8-7+,11-6+. The molecule has 0 rings (SSSR count). The monoisotopic (exact) mass is 280 g/mol. The van der Waals surface area contributed by atoms with Crippen LogP contribution in [-0.2, 0) is 28.6 Å². The fourth-order valence-corrected chi connectivity index (χ4v) is 0.959. The Kier molecular flexibility index (Phi) is 8.95. The Labute approximate surface area is 117 Å². The van der Waals surface area contributed by atoms with Gasteiger partial charge in [0.1, 0.15) is 13.2 Å². The maximum atomic E-state index is 11.4. The van der Waals surface area contributed by atoms with Crippen molar-refractivity contribution in [1.29, 1.82) is 0 Å². The van der Waals surface area contributed by atoms with Crippen molar-refractivity contribution in [2.45, 2.75) is 0 Å². The highest BCUT2D eigenvalue weighted by Gasteiger charge is 2.06. The van der Waals surface area contributed by atoms with Gasteiger partial charge in [-0.1, -0.05) is 25.3 Å². The molecule has 0 amide bonds. The molecule has 0 unspecified atom stereocenters. The summed E-state index contributed by atoms with van der Waals surface area (Å²) in [5.74, 6) is -2.00. The Hall–Kier alpha value is -2.63. The maximum absolute atomic E-state index is 11.4. The minimum Gasteiger partial charge on any atom is -0.466 e. The largest absolute Gasteiger partial charge is 0.466 e. The number of rotatable bonds is 8. The Bertz CT molecular complexity index is 445. The van der Waals surface area contributed by atoms with E-state index in [0.29, 0.717) is 0 Å². The van der Waals surface area contributed by atoms with E-state index in [2.05, 4.69) is 22.6 Å². The van der Waals surface area contributed by atoms with Crippen molar-refractivity contribution in [1.82, 2.24) is 0 Å². The predicted molar refractivity (Wildman–Crippen MR) is 71.6 cm³/mol. The third-order valence-corrected chi connectivity index (χ3v) is 1.87. The summed E-state index contributed by atoms with van der Waals surface area (Å²) < 4.78 is 13.8. The Morgan fingerprint density at radius 1 is 1.00 bits per heavy atom. The summed E-state index contributed by atoms with van der Waals surface area (Å²) in [6.07, 6.45) is 6.04. The van der Waals surface area contributed by atoms with Crippen molar-refractivity contribution in [3.63, 3.8) is 0 Å². The third kappa shape index (κ3) is 7.65. The molecule has 0 radical (unpaired) electrons. The van der Waals surface area contributed by atoms with Crippen molar-refractivity contribution in [2.75, 3.05) is 20.3 Å². The summed E-state index contributed by atoms with van der Waals surface area (Å²) in [6, 6.07) is 0. The molecule has 6 heteroatoms. The molecule has 0 aliphatic heterocycles. The number of esters is 3. The van der Waals surface area contributed by atoms with Gasteiger partial charge in [0.25, 0.3) is 0 Å². The number of methoxy groups -OCH3 is 1. The van der Waals surface area contributed by atoms with E-state index in [4.69, 9.17) is 4.74 Å². The normalized spacial score (nSPS) is 10.8. The van der Waals surface area contributed by atoms with Crippen LogP contribution in [0.3, 0.4) is 0 Å². The molecule has 0 aromatic carbocycles. The minimum atomic E-state index is -0.739. The van der Waals surface area contributed by atoms with Crippen molar-refractivity contribution >= 4 is 17.9 Å². The first-order chi connectivity index (χ1) is 9.54. The highest BCUT2D eigenvalue weighted by molar-refractivity contribution is 5.92. The summed E-state index contributed by atoms with van der Waals surface area (Å²) >= 11 is 0. The SMILES string of the molecule is C=C/C=C(\C=C)C(=O)OCCOC(=O)/C=C/C(=O)OC. The minimum absolute atomic E-state index is 0.112. The van der Waals surface area contributed by atoms with Crippen LogP contribution in [-0.4, -0.2) is 38.2 Å². The molecule has 0 aromatic rings. The van der Waals surface area contributed by atoms with Gasteiger partial charge < -0.3 is 14.2 Å². The summed E-state index contributed by atoms with van der Waals surface area (Å²) in [5.41, 5.74) is 0.247. The molecule has 20 heavy (non-hydrogen) atoms. The Balaban J connectivity index is 4.00. The second-order valence-corrected chi connectivity index (χ2v) is 3.22. The molecule has 0 aliphatic rings. The molecule has 0 heterocycles. The lowest BCUT2D eigenvalue weighted by atomic mass is 10.2. The molecule has 0 N–H and O–H groups in total. The van der Waals surface area contributed by atoms with Crippen LogP contribution in [0.25, 0.3) is 0 Å². The Morgan fingerprint density at radius 3 is 2.15 bits per heavy atom. The number of hydrogen-bond acceptors (Lipinski definition) is 6. The fraction of sp³-hybridized carbons (Fsp3) is 0.214. The first kappa shape index (κ1) is 17.4. The highest BCUT2D eigenvalue weighted by atomic mass is 16.6. The summed E-state index contributed by atoms with van der Waals surface area (Å²) in [5, 5.41) is 0. The molecule has 6 nitrogen and oxygen atoms in total. The topological polar surface area (TPSA) is 78.9 Å². The average Bonchev–Trinajstić information content (AvgIpc) is 2.46. The molecule has 0 aliphatic carbocycles. The van der Waals surface area contributed by atoms with Crippen molar-refractivity contribution in [2.24, 2.45) is 0 Å². The molecular formula is C14H16O6. The van der Waals surface area contributed by atoms with Crippen LogP contribution in [0.1, 0.15) is 0 Å². The van der Waals surface area contributed by atoms with E-state index in [0.717, 1.165) is 12.2 Å². The van der Waals surface area contributed by atoms with Crippen LogP contribution in [0.5, 0.6) is 0 Å². The van der Waals surface area contributed by atoms with E-state index >= 15 is 0 Å². The second-order valence-electron chi connectivity index (χ2n) is 3.22. The summed E-state index contributed by atoms with van der Waals surface area (Å²) in [4.78, 5) is 33.2. The van der Waals surface area contributed by atoms with Crippen molar-refractivity contribution < 1.29 is 28.6 Å². The molecule has 0 saturated carbocycles. The van der Waals surface area contributed by atoms with Crippen LogP contribution >= 0.6 is 0 Å². The molecule has 0 spiro atoms. The van der Waals surface area contributed by atoms with E-state index in [1.807, 2.05) is 0 Å². The van der Waals surface area contributed by atoms with Gasteiger partial charge in [0.15, 0.2) is 0 Å². The van der Waals surface area contributed by atoms with Gasteiger partial charge in [-0.2, -0.15) is 0 Å². The molecule has 108 valence electrons. The zero-order valence-electron chi connectivity index (χ0n) is 11.2.